The minimum atomic E-state index is -0.131. The number of hydrogen-bond acceptors (Lipinski definition) is 3. The summed E-state index contributed by atoms with van der Waals surface area (Å²) in [5, 5.41) is 9.40. The fraction of sp³-hybridized carbons (Fsp3) is 0.625. The number of aliphatic hydroxyl groups is 1. The number of nitrogens with zero attached hydrogens (tertiary/aromatic N) is 1. The van der Waals surface area contributed by atoms with Crippen molar-refractivity contribution >= 4 is 5.69 Å². The fourth-order valence-corrected chi connectivity index (χ4v) is 2.14. The van der Waals surface area contributed by atoms with Crippen molar-refractivity contribution in [3.8, 4) is 5.75 Å². The van der Waals surface area contributed by atoms with Crippen molar-refractivity contribution in [2.45, 2.75) is 33.6 Å². The third-order valence-corrected chi connectivity index (χ3v) is 3.37. The monoisotopic (exact) mass is 265 g/mol. The van der Waals surface area contributed by atoms with Crippen LogP contribution in [0, 0.1) is 5.41 Å². The first-order chi connectivity index (χ1) is 8.80. The van der Waals surface area contributed by atoms with Crippen LogP contribution in [-0.4, -0.2) is 32.4 Å². The maximum atomic E-state index is 9.40. The van der Waals surface area contributed by atoms with Crippen LogP contribution in [0.3, 0.4) is 0 Å². The first-order valence-electron chi connectivity index (χ1n) is 6.80. The topological polar surface area (TPSA) is 32.7 Å². The van der Waals surface area contributed by atoms with E-state index in [2.05, 4.69) is 44.7 Å². The van der Waals surface area contributed by atoms with Gasteiger partial charge in [0.1, 0.15) is 5.75 Å². The van der Waals surface area contributed by atoms with Gasteiger partial charge in [-0.25, -0.2) is 0 Å². The summed E-state index contributed by atoms with van der Waals surface area (Å²) in [6, 6.07) is 6.31. The molecule has 0 aliphatic heterocycles. The second kappa shape index (κ2) is 6.29. The van der Waals surface area contributed by atoms with Crippen molar-refractivity contribution in [3.05, 3.63) is 23.8 Å². The van der Waals surface area contributed by atoms with Gasteiger partial charge in [0, 0.05) is 25.6 Å². The van der Waals surface area contributed by atoms with E-state index in [1.165, 1.54) is 5.56 Å². The molecule has 108 valence electrons. The summed E-state index contributed by atoms with van der Waals surface area (Å²) < 4.78 is 5.45. The highest BCUT2D eigenvalue weighted by Gasteiger charge is 2.21. The van der Waals surface area contributed by atoms with Crippen LogP contribution in [-0.2, 0) is 0 Å². The van der Waals surface area contributed by atoms with E-state index < -0.39 is 0 Å². The maximum absolute atomic E-state index is 9.40. The molecule has 1 N–H and O–H groups in total. The standard InChI is InChI=1S/C16H27NO2/c1-12(2)13-7-8-15(19-6)14(9-13)17(5)10-16(3,4)11-18/h7-9,12,18H,10-11H2,1-6H3. The Morgan fingerprint density at radius 1 is 1.32 bits per heavy atom. The van der Waals surface area contributed by atoms with Crippen LogP contribution >= 0.6 is 0 Å². The zero-order valence-corrected chi connectivity index (χ0v) is 13.0. The van der Waals surface area contributed by atoms with Gasteiger partial charge in [-0.2, -0.15) is 0 Å². The highest BCUT2D eigenvalue weighted by atomic mass is 16.5. The van der Waals surface area contributed by atoms with E-state index in [-0.39, 0.29) is 12.0 Å². The highest BCUT2D eigenvalue weighted by molar-refractivity contribution is 5.60. The van der Waals surface area contributed by atoms with Crippen LogP contribution in [0.4, 0.5) is 5.69 Å². The number of benzene rings is 1. The van der Waals surface area contributed by atoms with Gasteiger partial charge in [0.25, 0.3) is 0 Å². The Morgan fingerprint density at radius 3 is 2.42 bits per heavy atom. The molecule has 3 heteroatoms. The van der Waals surface area contributed by atoms with Crippen molar-refractivity contribution in [3.63, 3.8) is 0 Å². The summed E-state index contributed by atoms with van der Waals surface area (Å²) >= 11 is 0. The third kappa shape index (κ3) is 4.13. The Balaban J connectivity index is 3.05. The maximum Gasteiger partial charge on any atom is 0.142 e. The molecule has 1 aromatic carbocycles. The first kappa shape index (κ1) is 15.8. The van der Waals surface area contributed by atoms with E-state index in [9.17, 15) is 5.11 Å². The molecule has 0 fully saturated rings. The van der Waals surface area contributed by atoms with Crippen LogP contribution in [0.2, 0.25) is 0 Å². The van der Waals surface area contributed by atoms with Gasteiger partial charge in [-0.15, -0.1) is 0 Å². The van der Waals surface area contributed by atoms with Gasteiger partial charge in [-0.1, -0.05) is 33.8 Å². The predicted molar refractivity (Wildman–Crippen MR) is 81.2 cm³/mol. The van der Waals surface area contributed by atoms with Crippen LogP contribution in [0.5, 0.6) is 5.75 Å². The molecule has 1 rings (SSSR count). The molecule has 1 aromatic rings. The van der Waals surface area contributed by atoms with Gasteiger partial charge in [-0.3, -0.25) is 0 Å². The number of aliphatic hydroxyl groups excluding tert-OH is 1. The summed E-state index contributed by atoms with van der Waals surface area (Å²) in [7, 11) is 3.73. The number of rotatable bonds is 6. The van der Waals surface area contributed by atoms with E-state index >= 15 is 0 Å². The Kier molecular flexibility index (Phi) is 5.24. The van der Waals surface area contributed by atoms with E-state index in [1.807, 2.05) is 13.1 Å². The molecule has 0 radical (unpaired) electrons. The number of ether oxygens (including phenoxy) is 1. The Bertz CT molecular complexity index is 413. The lowest BCUT2D eigenvalue weighted by atomic mass is 9.93. The van der Waals surface area contributed by atoms with Crippen molar-refractivity contribution in [1.82, 2.24) is 0 Å². The SMILES string of the molecule is COc1ccc(C(C)C)cc1N(C)CC(C)(C)CO. The highest BCUT2D eigenvalue weighted by Crippen LogP contribution is 2.32. The molecule has 0 bridgehead atoms. The van der Waals surface area contributed by atoms with E-state index in [0.717, 1.165) is 18.0 Å². The molecule has 0 unspecified atom stereocenters. The summed E-state index contributed by atoms with van der Waals surface area (Å²) in [6.45, 7) is 9.43. The smallest absolute Gasteiger partial charge is 0.142 e. The molecule has 0 spiro atoms. The molecule has 0 aromatic heterocycles. The molecule has 0 saturated carbocycles. The van der Waals surface area contributed by atoms with Gasteiger partial charge in [0.05, 0.1) is 12.8 Å². The van der Waals surface area contributed by atoms with Crippen LogP contribution in [0.1, 0.15) is 39.2 Å². The lowest BCUT2D eigenvalue weighted by Gasteiger charge is -2.31. The molecule has 3 nitrogen and oxygen atoms in total. The largest absolute Gasteiger partial charge is 0.495 e. The Morgan fingerprint density at radius 2 is 1.95 bits per heavy atom. The molecule has 0 aliphatic carbocycles. The molecular weight excluding hydrogens is 238 g/mol. The van der Waals surface area contributed by atoms with Crippen molar-refractivity contribution in [2.24, 2.45) is 5.41 Å². The second-order valence-electron chi connectivity index (χ2n) is 6.26. The van der Waals surface area contributed by atoms with E-state index in [0.29, 0.717) is 5.92 Å². The molecule has 0 atom stereocenters. The third-order valence-electron chi connectivity index (χ3n) is 3.37. The van der Waals surface area contributed by atoms with Gasteiger partial charge in [0.15, 0.2) is 0 Å². The molecule has 0 saturated heterocycles. The van der Waals surface area contributed by atoms with Crippen molar-refractivity contribution in [2.75, 3.05) is 32.2 Å². The second-order valence-corrected chi connectivity index (χ2v) is 6.26. The predicted octanol–water partition coefficient (Wildman–Crippen LogP) is 3.27. The molecule has 0 amide bonds. The molecule has 0 aliphatic rings. The minimum Gasteiger partial charge on any atom is -0.495 e. The van der Waals surface area contributed by atoms with Gasteiger partial charge < -0.3 is 14.7 Å². The van der Waals surface area contributed by atoms with Gasteiger partial charge >= 0.3 is 0 Å². The molecular formula is C16H27NO2. The first-order valence-corrected chi connectivity index (χ1v) is 6.80. The summed E-state index contributed by atoms with van der Waals surface area (Å²) in [4.78, 5) is 2.15. The van der Waals surface area contributed by atoms with E-state index in [1.54, 1.807) is 7.11 Å². The molecule has 0 heterocycles. The molecule has 19 heavy (non-hydrogen) atoms. The summed E-state index contributed by atoms with van der Waals surface area (Å²) in [5.74, 6) is 1.37. The van der Waals surface area contributed by atoms with Crippen LogP contribution in [0.15, 0.2) is 18.2 Å². The lowest BCUT2D eigenvalue weighted by Crippen LogP contribution is -2.34. The quantitative estimate of drug-likeness (QED) is 0.857. The van der Waals surface area contributed by atoms with Gasteiger partial charge in [0.2, 0.25) is 0 Å². The normalized spacial score (nSPS) is 11.8. The van der Waals surface area contributed by atoms with Crippen molar-refractivity contribution in [1.29, 1.82) is 0 Å². The zero-order chi connectivity index (χ0) is 14.6. The average Bonchev–Trinajstić information content (AvgIpc) is 2.37. The van der Waals surface area contributed by atoms with Crippen LogP contribution in [0.25, 0.3) is 0 Å². The summed E-state index contributed by atoms with van der Waals surface area (Å²) in [5.41, 5.74) is 2.24. The Labute approximate surface area is 117 Å². The van der Waals surface area contributed by atoms with E-state index in [4.69, 9.17) is 4.74 Å². The van der Waals surface area contributed by atoms with Crippen LogP contribution < -0.4 is 9.64 Å². The fourth-order valence-electron chi connectivity index (χ4n) is 2.14. The Hall–Kier alpha value is -1.22. The number of methoxy groups -OCH3 is 1. The number of hydrogen-bond donors (Lipinski definition) is 1. The lowest BCUT2D eigenvalue weighted by molar-refractivity contribution is 0.165. The average molecular weight is 265 g/mol. The minimum absolute atomic E-state index is 0.131. The summed E-state index contributed by atoms with van der Waals surface area (Å²) in [6.07, 6.45) is 0. The van der Waals surface area contributed by atoms with Crippen molar-refractivity contribution < 1.29 is 9.84 Å². The number of anilines is 1. The van der Waals surface area contributed by atoms with Gasteiger partial charge in [-0.05, 0) is 23.6 Å². The zero-order valence-electron chi connectivity index (χ0n) is 13.0.